The molecule has 3 atom stereocenters. The van der Waals surface area contributed by atoms with Crippen LogP contribution in [0.5, 0.6) is 0 Å². The molecule has 0 aromatic heterocycles. The molecule has 1 nitrogen and oxygen atoms in total. The third-order valence-electron chi connectivity index (χ3n) is 3.30. The smallest absolute Gasteiger partial charge is 0.0658 e. The maximum Gasteiger partial charge on any atom is 0.0658 e. The lowest BCUT2D eigenvalue weighted by Gasteiger charge is -2.12. The first kappa shape index (κ1) is 7.86. The summed E-state index contributed by atoms with van der Waals surface area (Å²) in [6.07, 6.45) is 10.7. The second-order valence-corrected chi connectivity index (χ2v) is 4.12. The van der Waals surface area contributed by atoms with Crippen molar-refractivity contribution >= 4 is 0 Å². The van der Waals surface area contributed by atoms with Crippen LogP contribution in [0.15, 0.2) is 12.2 Å². The van der Waals surface area contributed by atoms with Crippen molar-refractivity contribution in [3.63, 3.8) is 0 Å². The third kappa shape index (κ3) is 1.39. The fourth-order valence-electron chi connectivity index (χ4n) is 2.63. The molecule has 0 aromatic rings. The molecule has 0 saturated heterocycles. The predicted molar refractivity (Wildman–Crippen MR) is 48.3 cm³/mol. The van der Waals surface area contributed by atoms with Gasteiger partial charge in [0.05, 0.1) is 6.07 Å². The summed E-state index contributed by atoms with van der Waals surface area (Å²) in [7, 11) is 0. The average Bonchev–Trinajstić information content (AvgIpc) is 2.44. The van der Waals surface area contributed by atoms with E-state index >= 15 is 0 Å². The van der Waals surface area contributed by atoms with Gasteiger partial charge < -0.3 is 0 Å². The van der Waals surface area contributed by atoms with E-state index in [2.05, 4.69) is 18.2 Å². The molecule has 0 aromatic carbocycles. The Morgan fingerprint density at radius 1 is 1.25 bits per heavy atom. The van der Waals surface area contributed by atoms with Gasteiger partial charge in [-0.05, 0) is 43.9 Å². The molecule has 2 bridgehead atoms. The van der Waals surface area contributed by atoms with E-state index in [1.165, 1.54) is 25.7 Å². The van der Waals surface area contributed by atoms with E-state index < -0.39 is 0 Å². The summed E-state index contributed by atoms with van der Waals surface area (Å²) >= 11 is 0. The first-order valence-electron chi connectivity index (χ1n) is 4.94. The van der Waals surface area contributed by atoms with Gasteiger partial charge in [-0.2, -0.15) is 5.26 Å². The van der Waals surface area contributed by atoms with Gasteiger partial charge in [0.2, 0.25) is 0 Å². The fourth-order valence-corrected chi connectivity index (χ4v) is 2.63. The number of fused-ring (bicyclic) bond motifs is 2. The van der Waals surface area contributed by atoms with E-state index in [4.69, 9.17) is 5.26 Å². The molecular formula is C11H15N. The number of nitriles is 1. The molecule has 1 saturated carbocycles. The van der Waals surface area contributed by atoms with E-state index in [0.717, 1.165) is 12.3 Å². The molecule has 2 rings (SSSR count). The minimum absolute atomic E-state index is 0.370. The molecule has 0 N–H and O–H groups in total. The van der Waals surface area contributed by atoms with Crippen LogP contribution in [0.1, 0.15) is 32.1 Å². The van der Waals surface area contributed by atoms with Crippen molar-refractivity contribution in [2.45, 2.75) is 32.1 Å². The number of rotatable bonds is 0. The van der Waals surface area contributed by atoms with E-state index in [9.17, 15) is 0 Å². The van der Waals surface area contributed by atoms with Gasteiger partial charge in [0, 0.05) is 5.92 Å². The minimum Gasteiger partial charge on any atom is -0.198 e. The zero-order chi connectivity index (χ0) is 8.39. The van der Waals surface area contributed by atoms with Gasteiger partial charge in [-0.25, -0.2) is 0 Å². The highest BCUT2D eigenvalue weighted by Gasteiger charge is 2.33. The first-order chi connectivity index (χ1) is 5.90. The Hall–Kier alpha value is -0.770. The molecule has 1 heteroatoms. The lowest BCUT2D eigenvalue weighted by atomic mass is 9.92. The Morgan fingerprint density at radius 3 is 3.00 bits per heavy atom. The number of allylic oxidation sites excluding steroid dienone is 2. The summed E-state index contributed by atoms with van der Waals surface area (Å²) in [6, 6.07) is 2.46. The SMILES string of the molecule is N#CC1CC2CC=CCCC1C2. The van der Waals surface area contributed by atoms with Gasteiger partial charge in [0.1, 0.15) is 0 Å². The van der Waals surface area contributed by atoms with Crippen molar-refractivity contribution in [3.05, 3.63) is 12.2 Å². The molecule has 2 aliphatic carbocycles. The van der Waals surface area contributed by atoms with Crippen molar-refractivity contribution in [3.8, 4) is 6.07 Å². The van der Waals surface area contributed by atoms with Crippen LogP contribution in [-0.4, -0.2) is 0 Å². The summed E-state index contributed by atoms with van der Waals surface area (Å²) < 4.78 is 0. The van der Waals surface area contributed by atoms with Gasteiger partial charge in [0.25, 0.3) is 0 Å². The topological polar surface area (TPSA) is 23.8 Å². The molecule has 3 unspecified atom stereocenters. The molecule has 0 radical (unpaired) electrons. The quantitative estimate of drug-likeness (QED) is 0.501. The second kappa shape index (κ2) is 3.31. The van der Waals surface area contributed by atoms with E-state index in [-0.39, 0.29) is 0 Å². The molecule has 64 valence electrons. The molecule has 1 fully saturated rings. The molecule has 0 amide bonds. The Morgan fingerprint density at radius 2 is 2.17 bits per heavy atom. The predicted octanol–water partition coefficient (Wildman–Crippen LogP) is 2.89. The zero-order valence-electron chi connectivity index (χ0n) is 7.37. The summed E-state index contributed by atoms with van der Waals surface area (Å²) in [4.78, 5) is 0. The Kier molecular flexibility index (Phi) is 2.17. The van der Waals surface area contributed by atoms with Crippen LogP contribution in [-0.2, 0) is 0 Å². The highest BCUT2D eigenvalue weighted by atomic mass is 14.4. The van der Waals surface area contributed by atoms with Crippen molar-refractivity contribution in [1.29, 1.82) is 5.26 Å². The van der Waals surface area contributed by atoms with Gasteiger partial charge in [-0.1, -0.05) is 12.2 Å². The molecule has 0 spiro atoms. The van der Waals surface area contributed by atoms with Crippen molar-refractivity contribution in [2.75, 3.05) is 0 Å². The van der Waals surface area contributed by atoms with Crippen LogP contribution in [0.3, 0.4) is 0 Å². The summed E-state index contributed by atoms with van der Waals surface area (Å²) in [5, 5.41) is 8.93. The fraction of sp³-hybridized carbons (Fsp3) is 0.727. The summed E-state index contributed by atoms with van der Waals surface area (Å²) in [6.45, 7) is 0. The normalized spacial score (nSPS) is 40.1. The van der Waals surface area contributed by atoms with Crippen LogP contribution in [0.2, 0.25) is 0 Å². The van der Waals surface area contributed by atoms with Crippen molar-refractivity contribution < 1.29 is 0 Å². The minimum atomic E-state index is 0.370. The summed E-state index contributed by atoms with van der Waals surface area (Å²) in [5.74, 6) is 1.90. The Bertz CT molecular complexity index is 224. The van der Waals surface area contributed by atoms with Crippen molar-refractivity contribution in [2.24, 2.45) is 17.8 Å². The molecular weight excluding hydrogens is 146 g/mol. The molecule has 2 aliphatic rings. The zero-order valence-corrected chi connectivity index (χ0v) is 7.37. The standard InChI is InChI=1S/C11H15N/c12-8-11-7-9-4-2-1-3-5-10(11)6-9/h1-2,9-11H,3-7H2. The Labute approximate surface area is 74.1 Å². The molecule has 0 aliphatic heterocycles. The van der Waals surface area contributed by atoms with Crippen LogP contribution in [0.25, 0.3) is 0 Å². The van der Waals surface area contributed by atoms with Gasteiger partial charge in [0.15, 0.2) is 0 Å². The summed E-state index contributed by atoms with van der Waals surface area (Å²) in [5.41, 5.74) is 0. The average molecular weight is 161 g/mol. The van der Waals surface area contributed by atoms with Gasteiger partial charge in [-0.15, -0.1) is 0 Å². The highest BCUT2D eigenvalue weighted by Crippen LogP contribution is 2.41. The van der Waals surface area contributed by atoms with E-state index in [1.807, 2.05) is 0 Å². The number of nitrogens with zero attached hydrogens (tertiary/aromatic N) is 1. The van der Waals surface area contributed by atoms with Crippen LogP contribution < -0.4 is 0 Å². The maximum absolute atomic E-state index is 8.93. The van der Waals surface area contributed by atoms with Crippen LogP contribution in [0.4, 0.5) is 0 Å². The van der Waals surface area contributed by atoms with E-state index in [1.54, 1.807) is 0 Å². The largest absolute Gasteiger partial charge is 0.198 e. The van der Waals surface area contributed by atoms with Crippen molar-refractivity contribution in [1.82, 2.24) is 0 Å². The molecule has 0 heterocycles. The van der Waals surface area contributed by atoms with Crippen LogP contribution >= 0.6 is 0 Å². The Balaban J connectivity index is 2.09. The van der Waals surface area contributed by atoms with Crippen LogP contribution in [0, 0.1) is 29.1 Å². The second-order valence-electron chi connectivity index (χ2n) is 4.12. The monoisotopic (exact) mass is 161 g/mol. The number of hydrogen-bond acceptors (Lipinski definition) is 1. The highest BCUT2D eigenvalue weighted by molar-refractivity contribution is 5.00. The number of hydrogen-bond donors (Lipinski definition) is 0. The third-order valence-corrected chi connectivity index (χ3v) is 3.30. The van der Waals surface area contributed by atoms with E-state index in [0.29, 0.717) is 11.8 Å². The van der Waals surface area contributed by atoms with Gasteiger partial charge >= 0.3 is 0 Å². The van der Waals surface area contributed by atoms with Gasteiger partial charge in [-0.3, -0.25) is 0 Å². The lowest BCUT2D eigenvalue weighted by molar-refractivity contribution is 0.426. The molecule has 12 heavy (non-hydrogen) atoms. The maximum atomic E-state index is 8.93. The first-order valence-corrected chi connectivity index (χ1v) is 4.94. The lowest BCUT2D eigenvalue weighted by Crippen LogP contribution is -2.04.